The smallest absolute Gasteiger partial charge is 0.407 e. The van der Waals surface area contributed by atoms with E-state index >= 15 is 0 Å². The highest BCUT2D eigenvalue weighted by Crippen LogP contribution is 2.33. The molecule has 1 heterocycles. The molecule has 1 aliphatic heterocycles. The van der Waals surface area contributed by atoms with Crippen LogP contribution in [0.1, 0.15) is 59.3 Å². The highest BCUT2D eigenvalue weighted by atomic mass is 127. The Kier molecular flexibility index (Phi) is 11.4. The van der Waals surface area contributed by atoms with Crippen molar-refractivity contribution in [3.8, 4) is 0 Å². The average molecular weight is 543 g/mol. The second kappa shape index (κ2) is 12.4. The van der Waals surface area contributed by atoms with Crippen molar-refractivity contribution in [2.75, 3.05) is 33.1 Å². The zero-order valence-electron chi connectivity index (χ0n) is 18.5. The maximum absolute atomic E-state index is 11.9. The van der Waals surface area contributed by atoms with Crippen LogP contribution in [0.2, 0.25) is 0 Å². The summed E-state index contributed by atoms with van der Waals surface area (Å²) in [6, 6.07) is 0.563. The first-order valence-electron chi connectivity index (χ1n) is 10.3. The molecule has 2 fully saturated rings. The lowest BCUT2D eigenvalue weighted by molar-refractivity contribution is 0.0490. The molecule has 1 amide bonds. The van der Waals surface area contributed by atoms with E-state index in [0.29, 0.717) is 6.04 Å². The molecule has 2 aliphatic rings. The molecule has 3 N–H and O–H groups in total. The molecule has 1 saturated carbocycles. The summed E-state index contributed by atoms with van der Waals surface area (Å²) < 4.78 is 11.1. The van der Waals surface area contributed by atoms with E-state index in [-0.39, 0.29) is 40.9 Å². The van der Waals surface area contributed by atoms with Crippen LogP contribution in [-0.4, -0.2) is 67.5 Å². The summed E-state index contributed by atoms with van der Waals surface area (Å²) in [4.78, 5) is 16.3. The summed E-state index contributed by atoms with van der Waals surface area (Å²) >= 11 is 1.92. The molecule has 9 heteroatoms. The molecular formula is C20H39IN4O3S. The standard InChI is InChI=1S/C20H38N4O3S.HI/c1-19(2,3)27-18(25)24-16-8-6-15(7-9-16)23-17(21-4)22-14-20(28-5)10-12-26-13-11-20;/h15-16H,6-14H2,1-5H3,(H,24,25)(H2,21,22,23);1H. The van der Waals surface area contributed by atoms with Crippen molar-refractivity contribution in [2.24, 2.45) is 4.99 Å². The van der Waals surface area contributed by atoms with Gasteiger partial charge in [-0.3, -0.25) is 4.99 Å². The van der Waals surface area contributed by atoms with Crippen molar-refractivity contribution >= 4 is 47.8 Å². The van der Waals surface area contributed by atoms with Gasteiger partial charge in [-0.1, -0.05) is 0 Å². The zero-order valence-corrected chi connectivity index (χ0v) is 21.7. The number of carbonyl (C=O) groups excluding carboxylic acids is 1. The van der Waals surface area contributed by atoms with Crippen LogP contribution >= 0.6 is 35.7 Å². The molecule has 0 aromatic heterocycles. The Balaban J connectivity index is 0.00000420. The third-order valence-corrected chi connectivity index (χ3v) is 6.85. The Morgan fingerprint density at radius 3 is 2.17 bits per heavy atom. The van der Waals surface area contributed by atoms with Gasteiger partial charge in [-0.05, 0) is 65.6 Å². The van der Waals surface area contributed by atoms with Crippen LogP contribution in [0.5, 0.6) is 0 Å². The molecule has 0 atom stereocenters. The van der Waals surface area contributed by atoms with Gasteiger partial charge in [0.15, 0.2) is 5.96 Å². The van der Waals surface area contributed by atoms with Gasteiger partial charge in [0.2, 0.25) is 0 Å². The van der Waals surface area contributed by atoms with E-state index in [1.54, 1.807) is 0 Å². The topological polar surface area (TPSA) is 84.0 Å². The quantitative estimate of drug-likeness (QED) is 0.280. The number of hydrogen-bond acceptors (Lipinski definition) is 5. The van der Waals surface area contributed by atoms with E-state index in [9.17, 15) is 4.79 Å². The van der Waals surface area contributed by atoms with Crippen molar-refractivity contribution in [1.82, 2.24) is 16.0 Å². The van der Waals surface area contributed by atoms with Gasteiger partial charge in [0.1, 0.15) is 5.60 Å². The van der Waals surface area contributed by atoms with Gasteiger partial charge >= 0.3 is 6.09 Å². The zero-order chi connectivity index (χ0) is 20.6. The summed E-state index contributed by atoms with van der Waals surface area (Å²) in [7, 11) is 1.82. The Morgan fingerprint density at radius 1 is 1.14 bits per heavy atom. The Labute approximate surface area is 197 Å². The highest BCUT2D eigenvalue weighted by molar-refractivity contribution is 14.0. The van der Waals surface area contributed by atoms with Crippen molar-refractivity contribution in [3.05, 3.63) is 0 Å². The summed E-state index contributed by atoms with van der Waals surface area (Å²) in [5, 5.41) is 10.1. The second-order valence-corrected chi connectivity index (χ2v) is 10.0. The first kappa shape index (κ1) is 26.6. The van der Waals surface area contributed by atoms with E-state index < -0.39 is 5.60 Å². The van der Waals surface area contributed by atoms with Crippen molar-refractivity contribution in [2.45, 2.75) is 81.7 Å². The van der Waals surface area contributed by atoms with Gasteiger partial charge in [-0.2, -0.15) is 11.8 Å². The number of hydrogen-bond donors (Lipinski definition) is 3. The number of nitrogens with one attached hydrogen (secondary N) is 3. The predicted molar refractivity (Wildman–Crippen MR) is 132 cm³/mol. The van der Waals surface area contributed by atoms with Gasteiger partial charge in [0.25, 0.3) is 0 Å². The lowest BCUT2D eigenvalue weighted by Crippen LogP contribution is -2.51. The molecule has 0 radical (unpaired) electrons. The molecule has 170 valence electrons. The number of carbonyl (C=O) groups is 1. The minimum absolute atomic E-state index is 0. The van der Waals surface area contributed by atoms with Crippen LogP contribution in [0.15, 0.2) is 4.99 Å². The molecule has 0 spiro atoms. The van der Waals surface area contributed by atoms with Crippen molar-refractivity contribution in [1.29, 1.82) is 0 Å². The number of amides is 1. The first-order valence-corrected chi connectivity index (χ1v) is 11.6. The summed E-state index contributed by atoms with van der Waals surface area (Å²) in [6.45, 7) is 8.22. The summed E-state index contributed by atoms with van der Waals surface area (Å²) in [5.74, 6) is 0.864. The molecule has 1 saturated heterocycles. The number of ether oxygens (including phenoxy) is 2. The first-order chi connectivity index (χ1) is 13.3. The molecule has 1 aliphatic carbocycles. The monoisotopic (exact) mass is 542 g/mol. The number of nitrogens with zero attached hydrogens (tertiary/aromatic N) is 1. The second-order valence-electron chi connectivity index (χ2n) is 8.76. The third-order valence-electron chi connectivity index (χ3n) is 5.43. The lowest BCUT2D eigenvalue weighted by atomic mass is 9.91. The SMILES string of the molecule is CN=C(NCC1(SC)CCOCC1)NC1CCC(NC(=O)OC(C)(C)C)CC1.I. The van der Waals surface area contributed by atoms with E-state index in [2.05, 4.69) is 27.2 Å². The normalized spacial score (nSPS) is 24.8. The summed E-state index contributed by atoms with van der Waals surface area (Å²) in [5.41, 5.74) is -0.459. The van der Waals surface area contributed by atoms with Crippen molar-refractivity contribution in [3.63, 3.8) is 0 Å². The van der Waals surface area contributed by atoms with Gasteiger partial charge in [0.05, 0.1) is 0 Å². The van der Waals surface area contributed by atoms with Crippen LogP contribution in [0, 0.1) is 0 Å². The third kappa shape index (κ3) is 9.50. The maximum Gasteiger partial charge on any atom is 0.407 e. The minimum atomic E-state index is -0.459. The Bertz CT molecular complexity index is 528. The van der Waals surface area contributed by atoms with Crippen LogP contribution in [0.4, 0.5) is 4.79 Å². The van der Waals surface area contributed by atoms with Gasteiger partial charge in [-0.25, -0.2) is 4.79 Å². The molecule has 7 nitrogen and oxygen atoms in total. The average Bonchev–Trinajstić information content (AvgIpc) is 2.65. The fraction of sp³-hybridized carbons (Fsp3) is 0.900. The van der Waals surface area contributed by atoms with Gasteiger partial charge < -0.3 is 25.4 Å². The van der Waals surface area contributed by atoms with E-state index in [4.69, 9.17) is 9.47 Å². The van der Waals surface area contributed by atoms with Crippen LogP contribution < -0.4 is 16.0 Å². The number of alkyl carbamates (subject to hydrolysis) is 1. The lowest BCUT2D eigenvalue weighted by Gasteiger charge is -2.37. The van der Waals surface area contributed by atoms with Crippen LogP contribution in [0.25, 0.3) is 0 Å². The van der Waals surface area contributed by atoms with Gasteiger partial charge in [-0.15, -0.1) is 24.0 Å². The molecule has 0 bridgehead atoms. The van der Waals surface area contributed by atoms with Crippen molar-refractivity contribution < 1.29 is 14.3 Å². The predicted octanol–water partition coefficient (Wildman–Crippen LogP) is 3.52. The fourth-order valence-corrected chi connectivity index (χ4v) is 4.48. The Morgan fingerprint density at radius 2 is 1.69 bits per heavy atom. The molecule has 0 aromatic rings. The number of aliphatic imine (C=N–C) groups is 1. The van der Waals surface area contributed by atoms with E-state index in [1.165, 1.54) is 0 Å². The number of halogens is 1. The fourth-order valence-electron chi connectivity index (χ4n) is 3.69. The molecular weight excluding hydrogens is 503 g/mol. The largest absolute Gasteiger partial charge is 0.444 e. The number of guanidine groups is 1. The molecule has 29 heavy (non-hydrogen) atoms. The van der Waals surface area contributed by atoms with E-state index in [0.717, 1.165) is 64.2 Å². The van der Waals surface area contributed by atoms with Gasteiger partial charge in [0, 0.05) is 43.6 Å². The van der Waals surface area contributed by atoms with Crippen LogP contribution in [0.3, 0.4) is 0 Å². The molecule has 0 aromatic carbocycles. The minimum Gasteiger partial charge on any atom is -0.444 e. The Hall–Kier alpha value is -0.420. The maximum atomic E-state index is 11.9. The number of rotatable bonds is 5. The highest BCUT2D eigenvalue weighted by Gasteiger charge is 2.32. The molecule has 2 rings (SSSR count). The molecule has 0 unspecified atom stereocenters. The number of thioether (sulfide) groups is 1. The van der Waals surface area contributed by atoms with Crippen LogP contribution in [-0.2, 0) is 9.47 Å². The summed E-state index contributed by atoms with van der Waals surface area (Å²) in [6.07, 6.45) is 7.90. The van der Waals surface area contributed by atoms with E-state index in [1.807, 2.05) is 39.6 Å².